The van der Waals surface area contributed by atoms with Crippen LogP contribution < -0.4 is 9.47 Å². The third-order valence-corrected chi connectivity index (χ3v) is 5.95. The van der Waals surface area contributed by atoms with E-state index in [0.29, 0.717) is 50.8 Å². The van der Waals surface area contributed by atoms with Crippen molar-refractivity contribution in [3.05, 3.63) is 18.2 Å². The molecule has 1 N–H and O–H groups in total. The molecule has 0 bridgehead atoms. The number of aliphatic carboxylic acids is 1. The maximum atomic E-state index is 12.8. The topological polar surface area (TPSA) is 96.4 Å². The van der Waals surface area contributed by atoms with Gasteiger partial charge in [-0.3, -0.25) is 9.69 Å². The first kappa shape index (κ1) is 17.0. The van der Waals surface area contributed by atoms with Crippen molar-refractivity contribution in [2.45, 2.75) is 11.3 Å². The molecule has 0 aromatic heterocycles. The van der Waals surface area contributed by atoms with Gasteiger partial charge in [-0.15, -0.1) is 0 Å². The Hall–Kier alpha value is -1.84. The Morgan fingerprint density at radius 1 is 1.08 bits per heavy atom. The van der Waals surface area contributed by atoms with Gasteiger partial charge in [0.05, 0.1) is 11.4 Å². The fraction of sp³-hybridized carbons (Fsp3) is 0.533. The van der Waals surface area contributed by atoms with Crippen LogP contribution in [0.5, 0.6) is 11.5 Å². The van der Waals surface area contributed by atoms with Crippen molar-refractivity contribution in [2.24, 2.45) is 0 Å². The molecule has 24 heavy (non-hydrogen) atoms. The van der Waals surface area contributed by atoms with E-state index in [0.717, 1.165) is 0 Å². The van der Waals surface area contributed by atoms with Crippen molar-refractivity contribution < 1.29 is 27.8 Å². The summed E-state index contributed by atoms with van der Waals surface area (Å²) in [4.78, 5) is 12.7. The molecule has 0 unspecified atom stereocenters. The van der Waals surface area contributed by atoms with E-state index in [9.17, 15) is 13.2 Å². The van der Waals surface area contributed by atoms with Gasteiger partial charge < -0.3 is 14.6 Å². The molecule has 0 saturated carbocycles. The largest absolute Gasteiger partial charge is 0.486 e. The van der Waals surface area contributed by atoms with Crippen molar-refractivity contribution in [3.63, 3.8) is 0 Å². The molecule has 2 heterocycles. The Labute approximate surface area is 140 Å². The van der Waals surface area contributed by atoms with E-state index in [1.54, 1.807) is 11.0 Å². The normalized spacial score (nSPS) is 19.7. The van der Waals surface area contributed by atoms with E-state index in [2.05, 4.69) is 0 Å². The SMILES string of the molecule is O=C(O)CN1CCCN(S(=O)(=O)c2ccc3c(c2)OCCO3)CC1. The standard InChI is InChI=1S/C15H20N2O6S/c18-15(19)11-16-4-1-5-17(7-6-16)24(20,21)12-2-3-13-14(10-12)23-9-8-22-13/h2-3,10H,1,4-9,11H2,(H,18,19). The summed E-state index contributed by atoms with van der Waals surface area (Å²) in [5.41, 5.74) is 0. The molecule has 0 amide bonds. The minimum atomic E-state index is -3.65. The van der Waals surface area contributed by atoms with Crippen LogP contribution in [0, 0.1) is 0 Å². The summed E-state index contributed by atoms with van der Waals surface area (Å²) in [5, 5.41) is 8.87. The van der Waals surface area contributed by atoms with E-state index >= 15 is 0 Å². The number of hydrogen-bond donors (Lipinski definition) is 1. The molecule has 1 aromatic carbocycles. The van der Waals surface area contributed by atoms with Crippen LogP contribution in [-0.4, -0.2) is 74.6 Å². The second kappa shape index (κ2) is 6.96. The lowest BCUT2D eigenvalue weighted by Crippen LogP contribution is -2.36. The number of benzene rings is 1. The number of carboxylic acids is 1. The fourth-order valence-electron chi connectivity index (χ4n) is 2.87. The van der Waals surface area contributed by atoms with Crippen LogP contribution in [0.2, 0.25) is 0 Å². The number of hydrogen-bond acceptors (Lipinski definition) is 6. The van der Waals surface area contributed by atoms with Gasteiger partial charge in [-0.2, -0.15) is 4.31 Å². The molecule has 1 aromatic rings. The molecule has 3 rings (SSSR count). The number of carbonyl (C=O) groups is 1. The van der Waals surface area contributed by atoms with Crippen molar-refractivity contribution in [2.75, 3.05) is 45.9 Å². The zero-order valence-electron chi connectivity index (χ0n) is 13.2. The molecule has 9 heteroatoms. The Bertz CT molecular complexity index is 721. The first-order valence-corrected chi connectivity index (χ1v) is 9.25. The number of fused-ring (bicyclic) bond motifs is 1. The highest BCUT2D eigenvalue weighted by molar-refractivity contribution is 7.89. The highest BCUT2D eigenvalue weighted by Gasteiger charge is 2.28. The number of sulfonamides is 1. The van der Waals surface area contributed by atoms with Crippen molar-refractivity contribution >= 4 is 16.0 Å². The summed E-state index contributed by atoms with van der Waals surface area (Å²) in [7, 11) is -3.65. The number of nitrogens with zero attached hydrogens (tertiary/aromatic N) is 2. The van der Waals surface area contributed by atoms with Crippen LogP contribution in [0.1, 0.15) is 6.42 Å². The highest BCUT2D eigenvalue weighted by atomic mass is 32.2. The smallest absolute Gasteiger partial charge is 0.317 e. The lowest BCUT2D eigenvalue weighted by Gasteiger charge is -2.23. The molecule has 2 aliphatic heterocycles. The van der Waals surface area contributed by atoms with E-state index in [4.69, 9.17) is 14.6 Å². The quantitative estimate of drug-likeness (QED) is 0.825. The number of rotatable bonds is 4. The summed E-state index contributed by atoms with van der Waals surface area (Å²) >= 11 is 0. The van der Waals surface area contributed by atoms with E-state index < -0.39 is 16.0 Å². The molecule has 1 saturated heterocycles. The van der Waals surface area contributed by atoms with Crippen LogP contribution in [0.4, 0.5) is 0 Å². The average molecular weight is 356 g/mol. The van der Waals surface area contributed by atoms with E-state index in [1.807, 2.05) is 0 Å². The zero-order chi connectivity index (χ0) is 17.2. The van der Waals surface area contributed by atoms with Crippen molar-refractivity contribution in [1.82, 2.24) is 9.21 Å². The molecule has 0 radical (unpaired) electrons. The average Bonchev–Trinajstić information content (AvgIpc) is 2.80. The van der Waals surface area contributed by atoms with Crippen molar-refractivity contribution in [1.29, 1.82) is 0 Å². The van der Waals surface area contributed by atoms with E-state index in [1.165, 1.54) is 16.4 Å². The van der Waals surface area contributed by atoms with Gasteiger partial charge in [0.15, 0.2) is 11.5 Å². The van der Waals surface area contributed by atoms with Crippen molar-refractivity contribution in [3.8, 4) is 11.5 Å². The third-order valence-electron chi connectivity index (χ3n) is 4.06. The molecule has 0 spiro atoms. The molecular formula is C15H20N2O6S. The first-order valence-electron chi connectivity index (χ1n) is 7.81. The lowest BCUT2D eigenvalue weighted by molar-refractivity contribution is -0.138. The van der Waals surface area contributed by atoms with Crippen LogP contribution in [0.25, 0.3) is 0 Å². The van der Waals surface area contributed by atoms with Gasteiger partial charge in [0.1, 0.15) is 13.2 Å². The maximum absolute atomic E-state index is 12.8. The van der Waals surface area contributed by atoms with E-state index in [-0.39, 0.29) is 18.0 Å². The molecule has 2 aliphatic rings. The zero-order valence-corrected chi connectivity index (χ0v) is 14.0. The molecule has 0 aliphatic carbocycles. The van der Waals surface area contributed by atoms with Gasteiger partial charge in [0.25, 0.3) is 0 Å². The number of ether oxygens (including phenoxy) is 2. The Balaban J connectivity index is 1.76. The van der Waals surface area contributed by atoms with Gasteiger partial charge in [0, 0.05) is 32.2 Å². The summed E-state index contributed by atoms with van der Waals surface area (Å²) in [6.45, 7) is 2.37. The first-order chi connectivity index (χ1) is 11.5. The Morgan fingerprint density at radius 2 is 1.83 bits per heavy atom. The third kappa shape index (κ3) is 3.63. The minimum Gasteiger partial charge on any atom is -0.486 e. The van der Waals surface area contributed by atoms with Crippen LogP contribution in [0.15, 0.2) is 23.1 Å². The van der Waals surface area contributed by atoms with Gasteiger partial charge in [-0.25, -0.2) is 8.42 Å². The van der Waals surface area contributed by atoms with Crippen LogP contribution >= 0.6 is 0 Å². The summed E-state index contributed by atoms with van der Waals surface area (Å²) < 4.78 is 38.0. The second-order valence-corrected chi connectivity index (χ2v) is 7.67. The molecular weight excluding hydrogens is 336 g/mol. The van der Waals surface area contributed by atoms with Gasteiger partial charge in [-0.1, -0.05) is 0 Å². The van der Waals surface area contributed by atoms with Gasteiger partial charge >= 0.3 is 5.97 Å². The summed E-state index contributed by atoms with van der Waals surface area (Å²) in [5.74, 6) is 0.0755. The van der Waals surface area contributed by atoms with Crippen LogP contribution in [0.3, 0.4) is 0 Å². The predicted molar refractivity (Wildman–Crippen MR) is 84.9 cm³/mol. The van der Waals surface area contributed by atoms with Crippen LogP contribution in [-0.2, 0) is 14.8 Å². The molecule has 1 fully saturated rings. The maximum Gasteiger partial charge on any atom is 0.317 e. The number of carboxylic acid groups (broad SMARTS) is 1. The fourth-order valence-corrected chi connectivity index (χ4v) is 4.36. The summed E-state index contributed by atoms with van der Waals surface area (Å²) in [6, 6.07) is 4.61. The monoisotopic (exact) mass is 356 g/mol. The Morgan fingerprint density at radius 3 is 2.58 bits per heavy atom. The predicted octanol–water partition coefficient (Wildman–Crippen LogP) is 0.239. The van der Waals surface area contributed by atoms with Gasteiger partial charge in [0.2, 0.25) is 10.0 Å². The summed E-state index contributed by atoms with van der Waals surface area (Å²) in [6.07, 6.45) is 0.594. The van der Waals surface area contributed by atoms with Gasteiger partial charge in [-0.05, 0) is 18.6 Å². The molecule has 132 valence electrons. The minimum absolute atomic E-state index is 0.0715. The second-order valence-electron chi connectivity index (χ2n) is 5.73. The Kier molecular flexibility index (Phi) is 4.93. The molecule has 0 atom stereocenters. The molecule has 8 nitrogen and oxygen atoms in total. The highest BCUT2D eigenvalue weighted by Crippen LogP contribution is 2.33. The lowest BCUT2D eigenvalue weighted by atomic mass is 10.3.